The number of methoxy groups -OCH3 is 1. The highest BCUT2D eigenvalue weighted by Crippen LogP contribution is 2.27. The zero-order valence-corrected chi connectivity index (χ0v) is 19.2. The summed E-state index contributed by atoms with van der Waals surface area (Å²) in [6.45, 7) is 2.07. The zero-order chi connectivity index (χ0) is 24.2. The predicted octanol–water partition coefficient (Wildman–Crippen LogP) is 4.51. The van der Waals surface area contributed by atoms with Crippen LogP contribution in [0.25, 0.3) is 10.9 Å². The number of hydrogen-bond donors (Lipinski definition) is 1. The summed E-state index contributed by atoms with van der Waals surface area (Å²) in [7, 11) is 3.12. The number of fused-ring (bicyclic) bond motifs is 1. The third-order valence-electron chi connectivity index (χ3n) is 5.56. The van der Waals surface area contributed by atoms with Crippen LogP contribution in [-0.2, 0) is 13.5 Å². The monoisotopic (exact) mass is 465 g/mol. The lowest BCUT2D eigenvalue weighted by Gasteiger charge is -2.19. The van der Waals surface area contributed by atoms with E-state index in [0.29, 0.717) is 28.9 Å². The Morgan fingerprint density at radius 1 is 1.15 bits per heavy atom. The van der Waals surface area contributed by atoms with Crippen molar-refractivity contribution in [3.63, 3.8) is 0 Å². The van der Waals surface area contributed by atoms with Crippen LogP contribution in [0.2, 0.25) is 0 Å². The van der Waals surface area contributed by atoms with E-state index in [2.05, 4.69) is 27.3 Å². The number of aryl methyl sites for hydroxylation is 2. The van der Waals surface area contributed by atoms with Crippen LogP contribution in [0, 0.1) is 11.6 Å². The highest BCUT2D eigenvalue weighted by molar-refractivity contribution is 5.98. The molecule has 34 heavy (non-hydrogen) atoms. The molecule has 0 fully saturated rings. The average molecular weight is 466 g/mol. The molecule has 0 aliphatic carbocycles. The van der Waals surface area contributed by atoms with E-state index in [0.717, 1.165) is 18.9 Å². The number of unbranched alkanes of at least 4 members (excludes halogenated alkanes) is 1. The lowest BCUT2D eigenvalue weighted by molar-refractivity contribution is 0.0942. The summed E-state index contributed by atoms with van der Waals surface area (Å²) in [5.74, 6) is -0.975. The van der Waals surface area contributed by atoms with Gasteiger partial charge in [0.2, 0.25) is 0 Å². The van der Waals surface area contributed by atoms with Gasteiger partial charge in [0, 0.05) is 37.0 Å². The smallest absolute Gasteiger partial charge is 0.252 e. The summed E-state index contributed by atoms with van der Waals surface area (Å²) in [6.07, 6.45) is 7.33. The standard InChI is InChI=1S/C25H25F2N5O2/c1-4-5-6-23-28-13-18-19(26)10-16(11-21(18)30-23)25(33)31-24(17-12-29-32(2)14-17)15-7-8-22(34-3)20(27)9-15/h7-14,24H,4-6H2,1-3H3,(H,31,33)/t24-/m0/s1. The fourth-order valence-corrected chi connectivity index (χ4v) is 3.74. The molecular weight excluding hydrogens is 440 g/mol. The molecule has 1 amide bonds. The second-order valence-corrected chi connectivity index (χ2v) is 8.03. The number of ether oxygens (including phenoxy) is 1. The van der Waals surface area contributed by atoms with Gasteiger partial charge in [-0.1, -0.05) is 19.4 Å². The Morgan fingerprint density at radius 2 is 1.97 bits per heavy atom. The van der Waals surface area contributed by atoms with Gasteiger partial charge < -0.3 is 10.1 Å². The summed E-state index contributed by atoms with van der Waals surface area (Å²) >= 11 is 0. The van der Waals surface area contributed by atoms with Crippen molar-refractivity contribution in [3.05, 3.63) is 83.1 Å². The summed E-state index contributed by atoms with van der Waals surface area (Å²) < 4.78 is 35.8. The van der Waals surface area contributed by atoms with Crippen molar-refractivity contribution in [2.24, 2.45) is 7.05 Å². The maximum atomic E-state index is 14.8. The molecule has 0 spiro atoms. The normalized spacial score (nSPS) is 12.0. The van der Waals surface area contributed by atoms with Crippen molar-refractivity contribution >= 4 is 16.8 Å². The second kappa shape index (κ2) is 9.94. The number of benzene rings is 2. The summed E-state index contributed by atoms with van der Waals surface area (Å²) in [5.41, 5.74) is 1.60. The quantitative estimate of drug-likeness (QED) is 0.414. The zero-order valence-electron chi connectivity index (χ0n) is 19.2. The first kappa shape index (κ1) is 23.3. The molecular formula is C25H25F2N5O2. The summed E-state index contributed by atoms with van der Waals surface area (Å²) in [4.78, 5) is 21.9. The van der Waals surface area contributed by atoms with Crippen molar-refractivity contribution in [1.82, 2.24) is 25.1 Å². The summed E-state index contributed by atoms with van der Waals surface area (Å²) in [5, 5.41) is 7.28. The van der Waals surface area contributed by atoms with Crippen LogP contribution in [0.5, 0.6) is 5.75 Å². The van der Waals surface area contributed by atoms with E-state index in [-0.39, 0.29) is 16.7 Å². The highest BCUT2D eigenvalue weighted by Gasteiger charge is 2.22. The molecule has 0 aliphatic heterocycles. The van der Waals surface area contributed by atoms with E-state index in [4.69, 9.17) is 4.74 Å². The fraction of sp³-hybridized carbons (Fsp3) is 0.280. The van der Waals surface area contributed by atoms with Gasteiger partial charge >= 0.3 is 0 Å². The predicted molar refractivity (Wildman–Crippen MR) is 124 cm³/mol. The Hall–Kier alpha value is -3.88. The first-order valence-electron chi connectivity index (χ1n) is 11.0. The molecule has 2 aromatic carbocycles. The van der Waals surface area contributed by atoms with Crippen LogP contribution in [0.1, 0.15) is 53.1 Å². The molecule has 176 valence electrons. The maximum Gasteiger partial charge on any atom is 0.252 e. The molecule has 1 atom stereocenters. The molecule has 0 saturated heterocycles. The number of rotatable bonds is 8. The van der Waals surface area contributed by atoms with Gasteiger partial charge in [-0.05, 0) is 36.2 Å². The van der Waals surface area contributed by atoms with Gasteiger partial charge in [-0.15, -0.1) is 0 Å². The largest absolute Gasteiger partial charge is 0.494 e. The molecule has 0 bridgehead atoms. The van der Waals surface area contributed by atoms with Crippen LogP contribution in [-0.4, -0.2) is 32.8 Å². The van der Waals surface area contributed by atoms with E-state index >= 15 is 0 Å². The van der Waals surface area contributed by atoms with Gasteiger partial charge in [-0.3, -0.25) is 9.48 Å². The van der Waals surface area contributed by atoms with E-state index in [1.165, 1.54) is 25.4 Å². The molecule has 1 N–H and O–H groups in total. The van der Waals surface area contributed by atoms with Crippen molar-refractivity contribution < 1.29 is 18.3 Å². The Kier molecular flexibility index (Phi) is 6.81. The average Bonchev–Trinajstić information content (AvgIpc) is 3.26. The van der Waals surface area contributed by atoms with Gasteiger partial charge in [0.25, 0.3) is 5.91 Å². The lowest BCUT2D eigenvalue weighted by Crippen LogP contribution is -2.29. The molecule has 9 heteroatoms. The Morgan fingerprint density at radius 3 is 2.65 bits per heavy atom. The van der Waals surface area contributed by atoms with Crippen molar-refractivity contribution in [1.29, 1.82) is 0 Å². The highest BCUT2D eigenvalue weighted by atomic mass is 19.1. The van der Waals surface area contributed by atoms with Gasteiger partial charge in [-0.2, -0.15) is 5.10 Å². The Bertz CT molecular complexity index is 1340. The topological polar surface area (TPSA) is 81.9 Å². The van der Waals surface area contributed by atoms with Gasteiger partial charge in [-0.25, -0.2) is 18.7 Å². The Balaban J connectivity index is 1.69. The summed E-state index contributed by atoms with van der Waals surface area (Å²) in [6, 6.07) is 6.43. The first-order chi connectivity index (χ1) is 16.4. The van der Waals surface area contributed by atoms with Crippen LogP contribution in [0.15, 0.2) is 48.9 Å². The Labute approximate surface area is 195 Å². The van der Waals surface area contributed by atoms with Gasteiger partial charge in [0.15, 0.2) is 11.6 Å². The lowest BCUT2D eigenvalue weighted by atomic mass is 10.00. The van der Waals surface area contributed by atoms with Crippen LogP contribution in [0.3, 0.4) is 0 Å². The van der Waals surface area contributed by atoms with E-state index in [1.807, 2.05) is 0 Å². The van der Waals surface area contributed by atoms with Crippen molar-refractivity contribution in [3.8, 4) is 5.75 Å². The second-order valence-electron chi connectivity index (χ2n) is 8.03. The van der Waals surface area contributed by atoms with Gasteiger partial charge in [0.05, 0.1) is 30.3 Å². The number of carbonyl (C=O) groups is 1. The maximum absolute atomic E-state index is 14.8. The van der Waals surface area contributed by atoms with Gasteiger partial charge in [0.1, 0.15) is 11.6 Å². The SMILES string of the molecule is CCCCc1ncc2c(F)cc(C(=O)N[C@@H](c3ccc(OC)c(F)c3)c3cnn(C)c3)cc2n1. The van der Waals surface area contributed by atoms with E-state index < -0.39 is 23.6 Å². The molecule has 0 unspecified atom stereocenters. The number of nitrogens with one attached hydrogen (secondary N) is 1. The molecule has 7 nitrogen and oxygen atoms in total. The van der Waals surface area contributed by atoms with Crippen LogP contribution in [0.4, 0.5) is 8.78 Å². The van der Waals surface area contributed by atoms with E-state index in [1.54, 1.807) is 36.3 Å². The third kappa shape index (κ3) is 4.88. The number of halogens is 2. The molecule has 0 aliphatic rings. The minimum atomic E-state index is -0.717. The molecule has 2 aromatic heterocycles. The van der Waals surface area contributed by atoms with Crippen LogP contribution >= 0.6 is 0 Å². The first-order valence-corrected chi connectivity index (χ1v) is 11.0. The fourth-order valence-electron chi connectivity index (χ4n) is 3.74. The van der Waals surface area contributed by atoms with Crippen molar-refractivity contribution in [2.45, 2.75) is 32.2 Å². The van der Waals surface area contributed by atoms with Crippen LogP contribution < -0.4 is 10.1 Å². The molecule has 0 saturated carbocycles. The number of carbonyl (C=O) groups excluding carboxylic acids is 1. The number of aromatic nitrogens is 4. The molecule has 2 heterocycles. The third-order valence-corrected chi connectivity index (χ3v) is 5.56. The number of amides is 1. The molecule has 0 radical (unpaired) electrons. The minimum absolute atomic E-state index is 0.0928. The van der Waals surface area contributed by atoms with Crippen molar-refractivity contribution in [2.75, 3.05) is 7.11 Å². The number of hydrogen-bond acceptors (Lipinski definition) is 5. The number of nitrogens with zero attached hydrogens (tertiary/aromatic N) is 4. The minimum Gasteiger partial charge on any atom is -0.494 e. The molecule has 4 aromatic rings. The molecule has 4 rings (SSSR count). The van der Waals surface area contributed by atoms with E-state index in [9.17, 15) is 13.6 Å².